The van der Waals surface area contributed by atoms with E-state index >= 15 is 0 Å². The number of rotatable bonds is 4. The van der Waals surface area contributed by atoms with E-state index in [1.807, 2.05) is 7.05 Å². The summed E-state index contributed by atoms with van der Waals surface area (Å²) in [5.41, 5.74) is 3.94. The van der Waals surface area contributed by atoms with Crippen LogP contribution in [0, 0.1) is 0 Å². The summed E-state index contributed by atoms with van der Waals surface area (Å²) in [5, 5.41) is 5.77. The standard InChI is InChI=1S/C16H20N2/c1-12(2)8-9-16-14(10-11-17-3)13-6-4-5-7-15(13)18-16/h4-9,17H,10-11H2,1-3H3/p+1/b16-9-. The van der Waals surface area contributed by atoms with E-state index in [0.29, 0.717) is 0 Å². The summed E-state index contributed by atoms with van der Waals surface area (Å²) < 4.78 is 0. The van der Waals surface area contributed by atoms with E-state index in [1.165, 1.54) is 27.4 Å². The molecule has 2 N–H and O–H groups in total. The molecule has 1 aliphatic heterocycles. The van der Waals surface area contributed by atoms with Crippen LogP contribution in [0.1, 0.15) is 20.3 Å². The Morgan fingerprint density at radius 1 is 1.28 bits per heavy atom. The van der Waals surface area contributed by atoms with Crippen molar-refractivity contribution >= 4 is 5.57 Å². The summed E-state index contributed by atoms with van der Waals surface area (Å²) in [7, 11) is 1.99. The second kappa shape index (κ2) is 5.78. The zero-order chi connectivity index (χ0) is 13.0. The van der Waals surface area contributed by atoms with Crippen molar-refractivity contribution in [3.8, 4) is 0 Å². The van der Waals surface area contributed by atoms with E-state index in [9.17, 15) is 0 Å². The number of allylic oxidation sites excluding steroid dienone is 4. The van der Waals surface area contributed by atoms with E-state index in [0.717, 1.165) is 13.0 Å². The molecule has 2 nitrogen and oxygen atoms in total. The third kappa shape index (κ3) is 2.77. The molecule has 18 heavy (non-hydrogen) atoms. The summed E-state index contributed by atoms with van der Waals surface area (Å²) in [6, 6.07) is 8.50. The molecule has 0 unspecified atom stereocenters. The Morgan fingerprint density at radius 3 is 2.78 bits per heavy atom. The lowest BCUT2D eigenvalue weighted by molar-refractivity contribution is -0.432. The maximum absolute atomic E-state index is 3.50. The van der Waals surface area contributed by atoms with Crippen molar-refractivity contribution in [1.82, 2.24) is 5.32 Å². The van der Waals surface area contributed by atoms with Gasteiger partial charge in [-0.05, 0) is 39.9 Å². The Morgan fingerprint density at radius 2 is 2.06 bits per heavy atom. The van der Waals surface area contributed by atoms with Gasteiger partial charge in [-0.25, -0.2) is 4.99 Å². The molecule has 0 aromatic heterocycles. The predicted molar refractivity (Wildman–Crippen MR) is 75.2 cm³/mol. The van der Waals surface area contributed by atoms with Crippen LogP contribution in [0.25, 0.3) is 5.57 Å². The molecule has 0 saturated heterocycles. The summed E-state index contributed by atoms with van der Waals surface area (Å²) in [6.45, 7) is 5.23. The summed E-state index contributed by atoms with van der Waals surface area (Å²) >= 11 is 0. The minimum Gasteiger partial charge on any atom is -0.319 e. The van der Waals surface area contributed by atoms with Crippen LogP contribution in [0.2, 0.25) is 0 Å². The lowest BCUT2D eigenvalue weighted by atomic mass is 10.1. The second-order valence-electron chi connectivity index (χ2n) is 4.83. The van der Waals surface area contributed by atoms with Gasteiger partial charge in [0.05, 0.1) is 5.22 Å². The first-order valence-corrected chi connectivity index (χ1v) is 6.45. The molecule has 1 aliphatic rings. The Hall–Kier alpha value is -1.67. The SMILES string of the molecule is CNCCC1=c2ccccc2=[NH+]/C1=C\C=C(C)C. The number of hydrogen-bond acceptors (Lipinski definition) is 1. The Kier molecular flexibility index (Phi) is 4.11. The molecule has 0 amide bonds. The highest BCUT2D eigenvalue weighted by Gasteiger charge is 2.17. The van der Waals surface area contributed by atoms with Crippen LogP contribution in [0.5, 0.6) is 0 Å². The molecular weight excluding hydrogens is 220 g/mol. The second-order valence-corrected chi connectivity index (χ2v) is 4.83. The molecule has 2 rings (SSSR count). The van der Waals surface area contributed by atoms with Gasteiger partial charge < -0.3 is 5.32 Å². The van der Waals surface area contributed by atoms with Crippen molar-refractivity contribution in [2.75, 3.05) is 13.6 Å². The largest absolute Gasteiger partial charge is 0.319 e. The van der Waals surface area contributed by atoms with Gasteiger partial charge in [-0.3, -0.25) is 0 Å². The summed E-state index contributed by atoms with van der Waals surface area (Å²) in [4.78, 5) is 3.50. The smallest absolute Gasteiger partial charge is 0.211 e. The summed E-state index contributed by atoms with van der Waals surface area (Å²) in [6.07, 6.45) is 5.39. The van der Waals surface area contributed by atoms with Crippen LogP contribution in [-0.2, 0) is 0 Å². The van der Waals surface area contributed by atoms with Crippen molar-refractivity contribution in [2.45, 2.75) is 20.3 Å². The normalized spacial score (nSPS) is 15.5. The minimum atomic E-state index is 0.998. The van der Waals surface area contributed by atoms with Crippen molar-refractivity contribution in [2.24, 2.45) is 0 Å². The summed E-state index contributed by atoms with van der Waals surface area (Å²) in [5.74, 6) is 0. The van der Waals surface area contributed by atoms with E-state index in [2.05, 4.69) is 60.6 Å². The predicted octanol–water partition coefficient (Wildman–Crippen LogP) is 0.0107. The molecule has 0 saturated carbocycles. The fraction of sp³-hybridized carbons (Fsp3) is 0.312. The highest BCUT2D eigenvalue weighted by molar-refractivity contribution is 5.62. The lowest BCUT2D eigenvalue weighted by Gasteiger charge is -1.99. The van der Waals surface area contributed by atoms with Crippen LogP contribution in [0.4, 0.5) is 0 Å². The van der Waals surface area contributed by atoms with Crippen molar-refractivity contribution in [3.05, 3.63) is 58.3 Å². The number of para-hydroxylation sites is 1. The van der Waals surface area contributed by atoms with Crippen LogP contribution >= 0.6 is 0 Å². The molecule has 0 atom stereocenters. The Labute approximate surface area is 108 Å². The average Bonchev–Trinajstić information content (AvgIpc) is 2.71. The van der Waals surface area contributed by atoms with E-state index in [4.69, 9.17) is 0 Å². The zero-order valence-corrected chi connectivity index (χ0v) is 11.4. The molecule has 1 heterocycles. The first-order chi connectivity index (χ1) is 8.72. The van der Waals surface area contributed by atoms with E-state index < -0.39 is 0 Å². The number of nitrogens with one attached hydrogen (secondary N) is 2. The van der Waals surface area contributed by atoms with E-state index in [-0.39, 0.29) is 0 Å². The molecule has 94 valence electrons. The van der Waals surface area contributed by atoms with Gasteiger partial charge in [-0.15, -0.1) is 0 Å². The topological polar surface area (TPSA) is 26.0 Å². The van der Waals surface area contributed by atoms with Crippen LogP contribution in [-0.4, -0.2) is 13.6 Å². The molecule has 0 bridgehead atoms. The number of hydrogen-bond donors (Lipinski definition) is 2. The third-order valence-corrected chi connectivity index (χ3v) is 3.05. The van der Waals surface area contributed by atoms with Gasteiger partial charge in [0.1, 0.15) is 0 Å². The first kappa shape index (κ1) is 12.8. The van der Waals surface area contributed by atoms with Crippen LogP contribution < -0.4 is 20.9 Å². The Balaban J connectivity index is 2.49. The Bertz CT molecular complexity index is 602. The van der Waals surface area contributed by atoms with Gasteiger partial charge in [-0.2, -0.15) is 0 Å². The average molecular weight is 241 g/mol. The van der Waals surface area contributed by atoms with Crippen molar-refractivity contribution in [1.29, 1.82) is 0 Å². The lowest BCUT2D eigenvalue weighted by Crippen LogP contribution is -2.74. The molecule has 1 aromatic carbocycles. The highest BCUT2D eigenvalue weighted by atomic mass is 14.8. The van der Waals surface area contributed by atoms with Crippen LogP contribution in [0.15, 0.2) is 47.7 Å². The quantitative estimate of drug-likeness (QED) is 0.763. The van der Waals surface area contributed by atoms with Gasteiger partial charge in [0.25, 0.3) is 0 Å². The fourth-order valence-electron chi connectivity index (χ4n) is 2.13. The van der Waals surface area contributed by atoms with Gasteiger partial charge in [-0.1, -0.05) is 23.8 Å². The molecule has 2 heteroatoms. The van der Waals surface area contributed by atoms with Gasteiger partial charge in [0.15, 0.2) is 0 Å². The molecule has 0 fully saturated rings. The molecule has 0 radical (unpaired) electrons. The maximum Gasteiger partial charge on any atom is 0.211 e. The van der Waals surface area contributed by atoms with Crippen molar-refractivity contribution in [3.63, 3.8) is 0 Å². The third-order valence-electron chi connectivity index (χ3n) is 3.05. The molecular formula is C16H21N2+. The minimum absolute atomic E-state index is 0.998. The monoisotopic (exact) mass is 241 g/mol. The molecule has 0 spiro atoms. The van der Waals surface area contributed by atoms with E-state index in [1.54, 1.807) is 0 Å². The highest BCUT2D eigenvalue weighted by Crippen LogP contribution is 2.08. The van der Waals surface area contributed by atoms with Crippen molar-refractivity contribution < 1.29 is 4.99 Å². The fourth-order valence-corrected chi connectivity index (χ4v) is 2.13. The zero-order valence-electron chi connectivity index (χ0n) is 11.4. The first-order valence-electron chi connectivity index (χ1n) is 6.45. The van der Waals surface area contributed by atoms with Gasteiger partial charge >= 0.3 is 0 Å². The number of benzene rings is 1. The number of fused-ring (bicyclic) bond motifs is 1. The van der Waals surface area contributed by atoms with Gasteiger partial charge in [0.2, 0.25) is 11.1 Å². The van der Waals surface area contributed by atoms with Crippen LogP contribution in [0.3, 0.4) is 0 Å². The maximum atomic E-state index is 3.50. The molecule has 1 aromatic rings. The van der Waals surface area contributed by atoms with Gasteiger partial charge in [0, 0.05) is 17.7 Å². The molecule has 0 aliphatic carbocycles.